The van der Waals surface area contributed by atoms with Gasteiger partial charge in [0.1, 0.15) is 0 Å². The molecule has 0 spiro atoms. The lowest BCUT2D eigenvalue weighted by molar-refractivity contribution is 0.387. The van der Waals surface area contributed by atoms with E-state index in [0.717, 1.165) is 6.42 Å². The molecule has 0 radical (unpaired) electrons. The highest BCUT2D eigenvalue weighted by Crippen LogP contribution is 1.95. The van der Waals surface area contributed by atoms with Crippen LogP contribution in [0.4, 0.5) is 0 Å². The van der Waals surface area contributed by atoms with E-state index in [2.05, 4.69) is 15.1 Å². The Hall–Kier alpha value is -1.39. The molecule has 5 heteroatoms. The van der Waals surface area contributed by atoms with Crippen molar-refractivity contribution in [2.45, 2.75) is 26.7 Å². The highest BCUT2D eigenvalue weighted by molar-refractivity contribution is 5.79. The van der Waals surface area contributed by atoms with Crippen molar-refractivity contribution in [2.75, 3.05) is 6.54 Å². The fraction of sp³-hybridized carbons (Fsp3) is 0.625. The molecule has 0 saturated heterocycles. The van der Waals surface area contributed by atoms with Gasteiger partial charge in [0.15, 0.2) is 5.82 Å². The minimum Gasteiger partial charge on any atom is -0.387 e. The van der Waals surface area contributed by atoms with Crippen LogP contribution in [0.1, 0.15) is 25.1 Å². The lowest BCUT2D eigenvalue weighted by Crippen LogP contribution is -2.10. The Morgan fingerprint density at radius 3 is 2.92 bits per heavy atom. The largest absolute Gasteiger partial charge is 0.387 e. The highest BCUT2D eigenvalue weighted by Gasteiger charge is 2.00. The average Bonchev–Trinajstić information content (AvgIpc) is 2.51. The number of aliphatic imine (C=N–C) groups is 1. The standard InChI is InChI=1S/C8H14N4O/c1-3-7(9)10-5-4-8-11-6(2)13-12-8/h3-5H2,1-2H3,(H2,9,10). The Morgan fingerprint density at radius 1 is 1.62 bits per heavy atom. The third kappa shape index (κ3) is 3.23. The summed E-state index contributed by atoms with van der Waals surface area (Å²) in [6.07, 6.45) is 1.46. The van der Waals surface area contributed by atoms with Gasteiger partial charge in [-0.2, -0.15) is 4.98 Å². The van der Waals surface area contributed by atoms with Gasteiger partial charge >= 0.3 is 0 Å². The second kappa shape index (κ2) is 4.59. The van der Waals surface area contributed by atoms with Gasteiger partial charge in [-0.25, -0.2) is 0 Å². The van der Waals surface area contributed by atoms with Crippen molar-refractivity contribution in [3.63, 3.8) is 0 Å². The van der Waals surface area contributed by atoms with Gasteiger partial charge < -0.3 is 10.3 Å². The Labute approximate surface area is 77.0 Å². The number of rotatable bonds is 4. The zero-order valence-corrected chi connectivity index (χ0v) is 7.95. The van der Waals surface area contributed by atoms with Crippen LogP contribution in [0.5, 0.6) is 0 Å². The van der Waals surface area contributed by atoms with E-state index in [1.807, 2.05) is 6.92 Å². The maximum atomic E-state index is 5.53. The molecule has 0 fully saturated rings. The smallest absolute Gasteiger partial charge is 0.223 e. The van der Waals surface area contributed by atoms with E-state index >= 15 is 0 Å². The fourth-order valence-corrected chi connectivity index (χ4v) is 0.854. The lowest BCUT2D eigenvalue weighted by Gasteiger charge is -1.93. The summed E-state index contributed by atoms with van der Waals surface area (Å²) in [5.41, 5.74) is 5.53. The number of amidine groups is 1. The first-order chi connectivity index (χ1) is 6.22. The van der Waals surface area contributed by atoms with E-state index in [4.69, 9.17) is 10.3 Å². The summed E-state index contributed by atoms with van der Waals surface area (Å²) in [5, 5.41) is 3.74. The van der Waals surface area contributed by atoms with Crippen molar-refractivity contribution in [3.8, 4) is 0 Å². The molecule has 5 nitrogen and oxygen atoms in total. The summed E-state index contributed by atoms with van der Waals surface area (Å²) in [4.78, 5) is 8.17. The number of nitrogens with two attached hydrogens (primary N) is 1. The van der Waals surface area contributed by atoms with Crippen LogP contribution in [-0.2, 0) is 6.42 Å². The van der Waals surface area contributed by atoms with Gasteiger partial charge in [0.25, 0.3) is 0 Å². The number of aryl methyl sites for hydroxylation is 1. The minimum atomic E-state index is 0.586. The van der Waals surface area contributed by atoms with Crippen LogP contribution in [0.15, 0.2) is 9.52 Å². The zero-order valence-electron chi connectivity index (χ0n) is 7.95. The molecule has 0 aliphatic heterocycles. The predicted octanol–water partition coefficient (Wildman–Crippen LogP) is 0.688. The van der Waals surface area contributed by atoms with Gasteiger partial charge in [-0.1, -0.05) is 12.1 Å². The van der Waals surface area contributed by atoms with Crippen molar-refractivity contribution < 1.29 is 4.52 Å². The first-order valence-electron chi connectivity index (χ1n) is 4.30. The summed E-state index contributed by atoms with van der Waals surface area (Å²) >= 11 is 0. The third-order valence-corrected chi connectivity index (χ3v) is 1.58. The molecule has 1 heterocycles. The number of hydrogen-bond acceptors (Lipinski definition) is 4. The monoisotopic (exact) mass is 182 g/mol. The van der Waals surface area contributed by atoms with Gasteiger partial charge in [0.05, 0.1) is 5.84 Å². The minimum absolute atomic E-state index is 0.586. The molecule has 0 saturated carbocycles. The molecule has 2 N–H and O–H groups in total. The molecule has 0 unspecified atom stereocenters. The summed E-state index contributed by atoms with van der Waals surface area (Å²) < 4.78 is 4.81. The van der Waals surface area contributed by atoms with E-state index in [1.165, 1.54) is 0 Å². The summed E-state index contributed by atoms with van der Waals surface area (Å²) in [6.45, 7) is 4.36. The van der Waals surface area contributed by atoms with Crippen molar-refractivity contribution in [1.29, 1.82) is 0 Å². The van der Waals surface area contributed by atoms with E-state index in [9.17, 15) is 0 Å². The Balaban J connectivity index is 2.35. The molecule has 0 aromatic carbocycles. The van der Waals surface area contributed by atoms with Crippen LogP contribution in [-0.4, -0.2) is 22.5 Å². The summed E-state index contributed by atoms with van der Waals surface area (Å²) in [7, 11) is 0. The van der Waals surface area contributed by atoms with E-state index in [1.54, 1.807) is 6.92 Å². The van der Waals surface area contributed by atoms with Gasteiger partial charge in [0, 0.05) is 26.3 Å². The second-order valence-electron chi connectivity index (χ2n) is 2.71. The maximum Gasteiger partial charge on any atom is 0.223 e. The van der Waals surface area contributed by atoms with Crippen LogP contribution in [0, 0.1) is 6.92 Å². The lowest BCUT2D eigenvalue weighted by atomic mass is 10.4. The molecule has 0 atom stereocenters. The van der Waals surface area contributed by atoms with Crippen LogP contribution in [0.3, 0.4) is 0 Å². The van der Waals surface area contributed by atoms with E-state index in [0.29, 0.717) is 30.5 Å². The molecule has 0 bridgehead atoms. The van der Waals surface area contributed by atoms with Crippen LogP contribution in [0.2, 0.25) is 0 Å². The van der Waals surface area contributed by atoms with Crippen LogP contribution in [0.25, 0.3) is 0 Å². The van der Waals surface area contributed by atoms with E-state index < -0.39 is 0 Å². The Kier molecular flexibility index (Phi) is 3.42. The fourth-order valence-electron chi connectivity index (χ4n) is 0.854. The molecule has 13 heavy (non-hydrogen) atoms. The quantitative estimate of drug-likeness (QED) is 0.549. The Morgan fingerprint density at radius 2 is 2.38 bits per heavy atom. The first kappa shape index (κ1) is 9.70. The van der Waals surface area contributed by atoms with Crippen molar-refractivity contribution in [3.05, 3.63) is 11.7 Å². The molecule has 1 aromatic heterocycles. The molecule has 0 aliphatic carbocycles. The maximum absolute atomic E-state index is 5.53. The van der Waals surface area contributed by atoms with Crippen LogP contribution < -0.4 is 5.73 Å². The van der Waals surface area contributed by atoms with Gasteiger partial charge in [-0.3, -0.25) is 4.99 Å². The number of nitrogens with zero attached hydrogens (tertiary/aromatic N) is 3. The van der Waals surface area contributed by atoms with Gasteiger partial charge in [-0.15, -0.1) is 0 Å². The van der Waals surface area contributed by atoms with Crippen molar-refractivity contribution in [1.82, 2.24) is 10.1 Å². The summed E-state index contributed by atoms with van der Waals surface area (Å²) in [6, 6.07) is 0. The SMILES string of the molecule is CCC(N)=NCCc1noc(C)n1. The molecular weight excluding hydrogens is 168 g/mol. The number of hydrogen-bond donors (Lipinski definition) is 1. The average molecular weight is 182 g/mol. The van der Waals surface area contributed by atoms with Crippen LogP contribution >= 0.6 is 0 Å². The normalized spacial score (nSPS) is 12.0. The topological polar surface area (TPSA) is 77.3 Å². The van der Waals surface area contributed by atoms with Crippen molar-refractivity contribution >= 4 is 5.84 Å². The molecule has 1 rings (SSSR count). The zero-order chi connectivity index (χ0) is 9.68. The highest BCUT2D eigenvalue weighted by atomic mass is 16.5. The second-order valence-corrected chi connectivity index (χ2v) is 2.71. The number of aromatic nitrogens is 2. The molecular formula is C8H14N4O. The first-order valence-corrected chi connectivity index (χ1v) is 4.30. The molecule has 0 amide bonds. The summed E-state index contributed by atoms with van der Waals surface area (Å²) in [5.74, 6) is 1.94. The van der Waals surface area contributed by atoms with E-state index in [-0.39, 0.29) is 0 Å². The molecule has 0 aliphatic rings. The third-order valence-electron chi connectivity index (χ3n) is 1.58. The molecule has 72 valence electrons. The van der Waals surface area contributed by atoms with Gasteiger partial charge in [-0.05, 0) is 0 Å². The van der Waals surface area contributed by atoms with Gasteiger partial charge in [0.2, 0.25) is 5.89 Å². The molecule has 1 aromatic rings. The predicted molar refractivity (Wildman–Crippen MR) is 49.5 cm³/mol. The Bertz CT molecular complexity index is 292. The van der Waals surface area contributed by atoms with Crippen molar-refractivity contribution in [2.24, 2.45) is 10.7 Å².